The molecule has 20 heavy (non-hydrogen) atoms. The summed E-state index contributed by atoms with van der Waals surface area (Å²) in [7, 11) is 0. The summed E-state index contributed by atoms with van der Waals surface area (Å²) in [6.07, 6.45) is 1.46. The molecule has 0 atom stereocenters. The Morgan fingerprint density at radius 2 is 1.95 bits per heavy atom. The van der Waals surface area contributed by atoms with Crippen LogP contribution < -0.4 is 5.32 Å². The van der Waals surface area contributed by atoms with Crippen molar-refractivity contribution >= 4 is 28.7 Å². The van der Waals surface area contributed by atoms with Crippen LogP contribution in [-0.4, -0.2) is 10.8 Å². The first-order valence-corrected chi connectivity index (χ1v) is 7.15. The van der Waals surface area contributed by atoms with Crippen molar-refractivity contribution in [2.24, 2.45) is 0 Å². The number of fused-ring (bicyclic) bond motifs is 1. The number of para-hydroxylation sites is 1. The predicted molar refractivity (Wildman–Crippen MR) is 85.4 cm³/mol. The maximum Gasteiger partial charge on any atom is 0.228 e. The Bertz CT molecular complexity index is 689. The molecule has 0 saturated carbocycles. The fourth-order valence-corrected chi connectivity index (χ4v) is 2.79. The zero-order chi connectivity index (χ0) is 14.1. The monoisotopic (exact) mass is 281 g/mol. The zero-order valence-corrected chi connectivity index (χ0v) is 12.1. The number of anilines is 1. The number of nitrogens with one attached hydrogen (secondary N) is 1. The molecular weight excluding hydrogens is 266 g/mol. The van der Waals surface area contributed by atoms with E-state index in [4.69, 9.17) is 12.2 Å². The third-order valence-corrected chi connectivity index (χ3v) is 4.09. The molecule has 1 aliphatic rings. The molecule has 0 spiro atoms. The van der Waals surface area contributed by atoms with E-state index in [0.717, 1.165) is 33.7 Å². The van der Waals surface area contributed by atoms with Crippen LogP contribution in [0, 0.1) is 0 Å². The van der Waals surface area contributed by atoms with Crippen LogP contribution >= 0.6 is 12.2 Å². The lowest BCUT2D eigenvalue weighted by atomic mass is 9.99. The minimum Gasteiger partial charge on any atom is -0.325 e. The van der Waals surface area contributed by atoms with Gasteiger partial charge in [-0.25, -0.2) is 0 Å². The first kappa shape index (κ1) is 13.0. The third kappa shape index (κ3) is 2.25. The van der Waals surface area contributed by atoms with Crippen molar-refractivity contribution < 1.29 is 4.79 Å². The summed E-state index contributed by atoms with van der Waals surface area (Å²) >= 11 is 5.60. The number of carbonyl (C=O) groups excluding carboxylic acids is 1. The van der Waals surface area contributed by atoms with Crippen molar-refractivity contribution in [3.63, 3.8) is 0 Å². The minimum atomic E-state index is 0.0385. The lowest BCUT2D eigenvalue weighted by molar-refractivity contribution is -0.115. The molecule has 2 aromatic rings. The maximum atomic E-state index is 11.5. The van der Waals surface area contributed by atoms with Crippen LogP contribution in [0.25, 0.3) is 0 Å². The standard InChI is InChI=1S/C17H15NOS/c1-2-11-6-8-12(9-7-11)17(20)14-5-3-4-13-10-15(19)18-16(13)14/h3-9H,2,10H2,1H3,(H,18,19). The first-order chi connectivity index (χ1) is 9.69. The second-order valence-electron chi connectivity index (χ2n) is 4.94. The summed E-state index contributed by atoms with van der Waals surface area (Å²) in [4.78, 5) is 12.3. The van der Waals surface area contributed by atoms with Gasteiger partial charge < -0.3 is 5.32 Å². The molecule has 3 rings (SSSR count). The summed E-state index contributed by atoms with van der Waals surface area (Å²) in [6.45, 7) is 2.13. The molecule has 0 radical (unpaired) electrons. The Morgan fingerprint density at radius 1 is 1.20 bits per heavy atom. The third-order valence-electron chi connectivity index (χ3n) is 3.64. The van der Waals surface area contributed by atoms with Gasteiger partial charge >= 0.3 is 0 Å². The normalized spacial score (nSPS) is 12.9. The average Bonchev–Trinajstić information content (AvgIpc) is 2.86. The van der Waals surface area contributed by atoms with Gasteiger partial charge in [-0.3, -0.25) is 4.79 Å². The maximum absolute atomic E-state index is 11.5. The van der Waals surface area contributed by atoms with Gasteiger partial charge in [-0.2, -0.15) is 0 Å². The second-order valence-corrected chi connectivity index (χ2v) is 5.35. The topological polar surface area (TPSA) is 29.1 Å². The van der Waals surface area contributed by atoms with Crippen LogP contribution in [0.5, 0.6) is 0 Å². The second kappa shape index (κ2) is 5.17. The Labute approximate surface area is 123 Å². The first-order valence-electron chi connectivity index (χ1n) is 6.74. The van der Waals surface area contributed by atoms with Crippen molar-refractivity contribution in [3.05, 3.63) is 64.7 Å². The fourth-order valence-electron chi connectivity index (χ4n) is 2.49. The summed E-state index contributed by atoms with van der Waals surface area (Å²) in [5, 5.41) is 2.91. The van der Waals surface area contributed by atoms with Crippen LogP contribution in [0.15, 0.2) is 42.5 Å². The minimum absolute atomic E-state index is 0.0385. The van der Waals surface area contributed by atoms with Crippen LogP contribution in [-0.2, 0) is 17.6 Å². The fraction of sp³-hybridized carbons (Fsp3) is 0.176. The highest BCUT2D eigenvalue weighted by molar-refractivity contribution is 7.81. The van der Waals surface area contributed by atoms with Crippen LogP contribution in [0.1, 0.15) is 29.2 Å². The number of aryl methyl sites for hydroxylation is 1. The highest BCUT2D eigenvalue weighted by Crippen LogP contribution is 2.29. The van der Waals surface area contributed by atoms with Gasteiger partial charge in [-0.05, 0) is 23.1 Å². The van der Waals surface area contributed by atoms with Gasteiger partial charge in [0.2, 0.25) is 5.91 Å². The molecule has 0 fully saturated rings. The predicted octanol–water partition coefficient (Wildman–Crippen LogP) is 3.51. The lowest BCUT2D eigenvalue weighted by Gasteiger charge is -2.10. The Morgan fingerprint density at radius 3 is 2.65 bits per heavy atom. The molecule has 0 unspecified atom stereocenters. The summed E-state index contributed by atoms with van der Waals surface area (Å²) in [6, 6.07) is 14.2. The molecule has 0 saturated heterocycles. The van der Waals surface area contributed by atoms with Crippen molar-refractivity contribution in [3.8, 4) is 0 Å². The molecular formula is C17H15NOS. The molecule has 0 aliphatic carbocycles. The van der Waals surface area contributed by atoms with E-state index in [1.54, 1.807) is 0 Å². The molecule has 2 nitrogen and oxygen atoms in total. The van der Waals surface area contributed by atoms with E-state index in [9.17, 15) is 4.79 Å². The molecule has 2 aromatic carbocycles. The van der Waals surface area contributed by atoms with Crippen molar-refractivity contribution in [2.45, 2.75) is 19.8 Å². The molecule has 100 valence electrons. The quantitative estimate of drug-likeness (QED) is 0.689. The van der Waals surface area contributed by atoms with Gasteiger partial charge in [0.15, 0.2) is 0 Å². The molecule has 3 heteroatoms. The van der Waals surface area contributed by atoms with E-state index in [1.807, 2.05) is 18.2 Å². The van der Waals surface area contributed by atoms with E-state index in [0.29, 0.717) is 6.42 Å². The van der Waals surface area contributed by atoms with E-state index in [1.165, 1.54) is 5.56 Å². The summed E-state index contributed by atoms with van der Waals surface area (Å²) in [5.41, 5.74) is 5.16. The largest absolute Gasteiger partial charge is 0.325 e. The molecule has 1 amide bonds. The number of benzene rings is 2. The Hall–Kier alpha value is -2.00. The Balaban J connectivity index is 1.99. The van der Waals surface area contributed by atoms with Gasteiger partial charge in [0.05, 0.1) is 17.0 Å². The molecule has 1 aliphatic heterocycles. The van der Waals surface area contributed by atoms with E-state index < -0.39 is 0 Å². The summed E-state index contributed by atoms with van der Waals surface area (Å²) < 4.78 is 0. The van der Waals surface area contributed by atoms with Crippen LogP contribution in [0.3, 0.4) is 0 Å². The number of hydrogen-bond acceptors (Lipinski definition) is 2. The van der Waals surface area contributed by atoms with Gasteiger partial charge in [0.25, 0.3) is 0 Å². The number of amides is 1. The smallest absolute Gasteiger partial charge is 0.228 e. The SMILES string of the molecule is CCc1ccc(C(=S)c2cccc3c2NC(=O)C3)cc1. The number of hydrogen-bond donors (Lipinski definition) is 1. The van der Waals surface area contributed by atoms with Gasteiger partial charge in [-0.15, -0.1) is 0 Å². The molecule has 1 heterocycles. The van der Waals surface area contributed by atoms with Crippen molar-refractivity contribution in [1.82, 2.24) is 0 Å². The highest BCUT2D eigenvalue weighted by atomic mass is 32.1. The van der Waals surface area contributed by atoms with Gasteiger partial charge in [0.1, 0.15) is 0 Å². The number of rotatable bonds is 3. The number of carbonyl (C=O) groups is 1. The zero-order valence-electron chi connectivity index (χ0n) is 11.3. The van der Waals surface area contributed by atoms with Gasteiger partial charge in [-0.1, -0.05) is 61.6 Å². The average molecular weight is 281 g/mol. The van der Waals surface area contributed by atoms with Crippen LogP contribution in [0.4, 0.5) is 5.69 Å². The van der Waals surface area contributed by atoms with E-state index in [-0.39, 0.29) is 5.91 Å². The highest BCUT2D eigenvalue weighted by Gasteiger charge is 2.22. The molecule has 1 N–H and O–H groups in total. The summed E-state index contributed by atoms with van der Waals surface area (Å²) in [5.74, 6) is 0.0385. The molecule has 0 aromatic heterocycles. The van der Waals surface area contributed by atoms with Crippen molar-refractivity contribution in [1.29, 1.82) is 0 Å². The van der Waals surface area contributed by atoms with Crippen LogP contribution in [0.2, 0.25) is 0 Å². The van der Waals surface area contributed by atoms with E-state index in [2.05, 4.69) is 36.5 Å². The lowest BCUT2D eigenvalue weighted by Crippen LogP contribution is -2.07. The van der Waals surface area contributed by atoms with Crippen molar-refractivity contribution in [2.75, 3.05) is 5.32 Å². The Kier molecular flexibility index (Phi) is 3.36. The van der Waals surface area contributed by atoms with E-state index >= 15 is 0 Å². The molecule has 0 bridgehead atoms. The van der Waals surface area contributed by atoms with Gasteiger partial charge in [0, 0.05) is 5.56 Å². The number of thiocarbonyl (C=S) groups is 1.